The fourth-order valence-corrected chi connectivity index (χ4v) is 4.06. The molecule has 0 aliphatic carbocycles. The standard InChI is InChI=1S/C24H28N4O2/c1-18(19-10-4-2-5-11-19)25-22(29)14-17-28-21-13-7-6-12-20(21)26-23(24(28)30)27-15-8-3-9-16-27/h2,4-7,10-13,18H,3,8-9,14-17H2,1H3,(H,25,29). The Bertz CT molecular complexity index is 1070. The van der Waals surface area contributed by atoms with Gasteiger partial charge in [-0.15, -0.1) is 0 Å². The maximum atomic E-state index is 13.3. The van der Waals surface area contributed by atoms with Crippen LogP contribution in [0.5, 0.6) is 0 Å². The molecule has 6 heteroatoms. The van der Waals surface area contributed by atoms with Crippen LogP contribution in [0.3, 0.4) is 0 Å². The number of nitrogens with one attached hydrogen (secondary N) is 1. The Hall–Kier alpha value is -3.15. The first kappa shape index (κ1) is 20.1. The molecule has 30 heavy (non-hydrogen) atoms. The van der Waals surface area contributed by atoms with Gasteiger partial charge in [-0.25, -0.2) is 4.98 Å². The lowest BCUT2D eigenvalue weighted by atomic mass is 10.1. The minimum Gasteiger partial charge on any atom is -0.352 e. The summed E-state index contributed by atoms with van der Waals surface area (Å²) in [5, 5.41) is 3.03. The summed E-state index contributed by atoms with van der Waals surface area (Å²) >= 11 is 0. The molecule has 1 aliphatic heterocycles. The van der Waals surface area contributed by atoms with E-state index in [1.54, 1.807) is 4.57 Å². The van der Waals surface area contributed by atoms with Gasteiger partial charge in [0.15, 0.2) is 5.82 Å². The predicted molar refractivity (Wildman–Crippen MR) is 120 cm³/mol. The number of benzene rings is 2. The number of aryl methyl sites for hydroxylation is 1. The molecular weight excluding hydrogens is 376 g/mol. The normalized spacial score (nSPS) is 15.2. The zero-order chi connectivity index (χ0) is 20.9. The van der Waals surface area contributed by atoms with Crippen LogP contribution in [0.25, 0.3) is 11.0 Å². The molecule has 1 amide bonds. The molecular formula is C24H28N4O2. The Balaban J connectivity index is 1.55. The molecule has 6 nitrogen and oxygen atoms in total. The molecule has 1 atom stereocenters. The van der Waals surface area contributed by atoms with Gasteiger partial charge in [0.2, 0.25) is 5.91 Å². The number of anilines is 1. The summed E-state index contributed by atoms with van der Waals surface area (Å²) in [6.07, 6.45) is 3.59. The topological polar surface area (TPSA) is 67.2 Å². The van der Waals surface area contributed by atoms with Gasteiger partial charge >= 0.3 is 0 Å². The number of hydrogen-bond donors (Lipinski definition) is 1. The number of nitrogens with zero attached hydrogens (tertiary/aromatic N) is 3. The second-order valence-electron chi connectivity index (χ2n) is 7.88. The van der Waals surface area contributed by atoms with Crippen molar-refractivity contribution in [3.05, 3.63) is 70.5 Å². The van der Waals surface area contributed by atoms with E-state index in [1.807, 2.05) is 61.5 Å². The van der Waals surface area contributed by atoms with Gasteiger partial charge in [0, 0.05) is 26.1 Å². The number of piperidine rings is 1. The van der Waals surface area contributed by atoms with Crippen LogP contribution in [0, 0.1) is 0 Å². The van der Waals surface area contributed by atoms with Crippen molar-refractivity contribution in [1.29, 1.82) is 0 Å². The second-order valence-corrected chi connectivity index (χ2v) is 7.88. The molecule has 1 N–H and O–H groups in total. The first-order valence-electron chi connectivity index (χ1n) is 10.7. The van der Waals surface area contributed by atoms with Crippen LogP contribution in [0.2, 0.25) is 0 Å². The maximum Gasteiger partial charge on any atom is 0.294 e. The Labute approximate surface area is 176 Å². The zero-order valence-electron chi connectivity index (χ0n) is 17.4. The van der Waals surface area contributed by atoms with Crippen molar-refractivity contribution >= 4 is 22.8 Å². The van der Waals surface area contributed by atoms with E-state index in [2.05, 4.69) is 15.2 Å². The summed E-state index contributed by atoms with van der Waals surface area (Å²) in [5.74, 6) is 0.435. The van der Waals surface area contributed by atoms with Crippen molar-refractivity contribution in [3.8, 4) is 0 Å². The van der Waals surface area contributed by atoms with Crippen LogP contribution < -0.4 is 15.8 Å². The van der Waals surface area contributed by atoms with E-state index >= 15 is 0 Å². The first-order valence-corrected chi connectivity index (χ1v) is 10.7. The highest BCUT2D eigenvalue weighted by Crippen LogP contribution is 2.18. The van der Waals surface area contributed by atoms with Crippen molar-refractivity contribution in [2.24, 2.45) is 0 Å². The van der Waals surface area contributed by atoms with Crippen molar-refractivity contribution < 1.29 is 4.79 Å². The molecule has 156 valence electrons. The molecule has 0 bridgehead atoms. The Kier molecular flexibility index (Phi) is 6.12. The molecule has 2 heterocycles. The van der Waals surface area contributed by atoms with E-state index in [1.165, 1.54) is 6.42 Å². The van der Waals surface area contributed by atoms with E-state index in [0.29, 0.717) is 12.4 Å². The highest BCUT2D eigenvalue weighted by molar-refractivity contribution is 5.78. The van der Waals surface area contributed by atoms with E-state index in [9.17, 15) is 9.59 Å². The lowest BCUT2D eigenvalue weighted by molar-refractivity contribution is -0.121. The van der Waals surface area contributed by atoms with Gasteiger partial charge in [-0.3, -0.25) is 9.59 Å². The summed E-state index contributed by atoms with van der Waals surface area (Å²) in [7, 11) is 0. The molecule has 1 fully saturated rings. The average Bonchev–Trinajstić information content (AvgIpc) is 2.79. The van der Waals surface area contributed by atoms with Crippen molar-refractivity contribution in [2.75, 3.05) is 18.0 Å². The highest BCUT2D eigenvalue weighted by Gasteiger charge is 2.19. The number of fused-ring (bicyclic) bond motifs is 1. The van der Waals surface area contributed by atoms with Crippen LogP contribution in [0.1, 0.15) is 44.2 Å². The Morgan fingerprint density at radius 2 is 1.73 bits per heavy atom. The number of carbonyl (C=O) groups excluding carboxylic acids is 1. The highest BCUT2D eigenvalue weighted by atomic mass is 16.2. The van der Waals surface area contributed by atoms with Gasteiger partial charge in [-0.2, -0.15) is 0 Å². The number of hydrogen-bond acceptors (Lipinski definition) is 4. The number of rotatable bonds is 6. The quantitative estimate of drug-likeness (QED) is 0.681. The third-order valence-electron chi connectivity index (χ3n) is 5.73. The summed E-state index contributed by atoms with van der Waals surface area (Å²) < 4.78 is 1.71. The van der Waals surface area contributed by atoms with E-state index in [4.69, 9.17) is 0 Å². The van der Waals surface area contributed by atoms with Crippen molar-refractivity contribution in [1.82, 2.24) is 14.9 Å². The summed E-state index contributed by atoms with van der Waals surface area (Å²) in [4.78, 5) is 32.6. The third kappa shape index (κ3) is 4.37. The monoisotopic (exact) mass is 404 g/mol. The molecule has 1 aromatic heterocycles. The smallest absolute Gasteiger partial charge is 0.294 e. The molecule has 0 radical (unpaired) electrons. The lowest BCUT2D eigenvalue weighted by Gasteiger charge is -2.28. The fourth-order valence-electron chi connectivity index (χ4n) is 4.06. The van der Waals surface area contributed by atoms with Crippen LogP contribution in [0.15, 0.2) is 59.4 Å². The number of carbonyl (C=O) groups is 1. The summed E-state index contributed by atoms with van der Waals surface area (Å²) in [6.45, 7) is 4.01. The van der Waals surface area contributed by atoms with Crippen LogP contribution in [0.4, 0.5) is 5.82 Å². The van der Waals surface area contributed by atoms with Gasteiger partial charge in [0.25, 0.3) is 5.56 Å². The average molecular weight is 405 g/mol. The summed E-state index contributed by atoms with van der Waals surface area (Å²) in [6, 6.07) is 17.5. The van der Waals surface area contributed by atoms with Crippen molar-refractivity contribution in [3.63, 3.8) is 0 Å². The molecule has 0 spiro atoms. The predicted octanol–water partition coefficient (Wildman–Crippen LogP) is 3.65. The zero-order valence-corrected chi connectivity index (χ0v) is 17.4. The number of para-hydroxylation sites is 2. The van der Waals surface area contributed by atoms with Crippen LogP contribution in [-0.4, -0.2) is 28.5 Å². The SMILES string of the molecule is CC(NC(=O)CCn1c(=O)c(N2CCCCC2)nc2ccccc21)c1ccccc1. The molecule has 4 rings (SSSR count). The molecule has 1 unspecified atom stereocenters. The first-order chi connectivity index (χ1) is 14.6. The Morgan fingerprint density at radius 1 is 1.03 bits per heavy atom. The lowest BCUT2D eigenvalue weighted by Crippen LogP contribution is -2.37. The van der Waals surface area contributed by atoms with E-state index in [0.717, 1.165) is 42.5 Å². The Morgan fingerprint density at radius 3 is 2.50 bits per heavy atom. The van der Waals surface area contributed by atoms with Gasteiger partial charge in [-0.1, -0.05) is 42.5 Å². The maximum absolute atomic E-state index is 13.3. The largest absolute Gasteiger partial charge is 0.352 e. The van der Waals surface area contributed by atoms with E-state index in [-0.39, 0.29) is 23.9 Å². The van der Waals surface area contributed by atoms with Gasteiger partial charge in [-0.05, 0) is 43.9 Å². The van der Waals surface area contributed by atoms with Crippen molar-refractivity contribution in [2.45, 2.75) is 45.2 Å². The number of aromatic nitrogens is 2. The summed E-state index contributed by atoms with van der Waals surface area (Å²) in [5.41, 5.74) is 2.51. The van der Waals surface area contributed by atoms with Gasteiger partial charge < -0.3 is 14.8 Å². The molecule has 3 aromatic rings. The molecule has 2 aromatic carbocycles. The fraction of sp³-hybridized carbons (Fsp3) is 0.375. The number of amides is 1. The molecule has 0 saturated carbocycles. The second kappa shape index (κ2) is 9.11. The van der Waals surface area contributed by atoms with Crippen LogP contribution >= 0.6 is 0 Å². The van der Waals surface area contributed by atoms with Crippen LogP contribution in [-0.2, 0) is 11.3 Å². The molecule has 1 aliphatic rings. The molecule has 1 saturated heterocycles. The van der Waals surface area contributed by atoms with Gasteiger partial charge in [0.05, 0.1) is 17.1 Å². The minimum atomic E-state index is -0.112. The van der Waals surface area contributed by atoms with Gasteiger partial charge in [0.1, 0.15) is 0 Å². The minimum absolute atomic E-state index is 0.0707. The van der Waals surface area contributed by atoms with E-state index < -0.39 is 0 Å². The third-order valence-corrected chi connectivity index (χ3v) is 5.73.